The average Bonchev–Trinajstić information content (AvgIpc) is 3.76. The van der Waals surface area contributed by atoms with Crippen molar-refractivity contribution in [3.8, 4) is 17.0 Å². The maximum absolute atomic E-state index is 15.2. The Labute approximate surface area is 258 Å². The van der Waals surface area contributed by atoms with Crippen LogP contribution in [0.1, 0.15) is 27.7 Å². The molecule has 16 heteroatoms. The number of hydrogen-bond donors (Lipinski definition) is 2. The molecule has 0 saturated carbocycles. The number of thiazole rings is 1. The fraction of sp³-hybridized carbons (Fsp3) is 0.321. The van der Waals surface area contributed by atoms with Gasteiger partial charge in [-0.1, -0.05) is 28.6 Å². The predicted octanol–water partition coefficient (Wildman–Crippen LogP) is 6.95. The second-order valence-corrected chi connectivity index (χ2v) is 10.6. The second kappa shape index (κ2) is 11.7. The number of morpholine rings is 1. The van der Waals surface area contributed by atoms with Crippen LogP contribution in [0.25, 0.3) is 26.4 Å². The van der Waals surface area contributed by atoms with E-state index in [2.05, 4.69) is 30.0 Å². The lowest BCUT2D eigenvalue weighted by molar-refractivity contribution is -0.292. The van der Waals surface area contributed by atoms with Gasteiger partial charge in [0.15, 0.2) is 22.2 Å². The van der Waals surface area contributed by atoms with Crippen LogP contribution >= 0.6 is 11.3 Å². The molecule has 1 aliphatic rings. The number of halogens is 5. The van der Waals surface area contributed by atoms with Gasteiger partial charge in [0, 0.05) is 38.3 Å². The molecule has 2 amide bonds. The molecular formula is C28H25F5N6O4S. The monoisotopic (exact) mass is 642 g/mol. The minimum atomic E-state index is -3.86. The summed E-state index contributed by atoms with van der Waals surface area (Å²) < 4.78 is 131. The number of urea groups is 1. The van der Waals surface area contributed by atoms with Gasteiger partial charge in [-0.15, -0.1) is 0 Å². The molecule has 10 nitrogen and oxygen atoms in total. The van der Waals surface area contributed by atoms with Crippen LogP contribution in [0.15, 0.2) is 59.3 Å². The van der Waals surface area contributed by atoms with Crippen LogP contribution in [0, 0.1) is 0 Å². The molecule has 1 fully saturated rings. The Morgan fingerprint density at radius 2 is 1.84 bits per heavy atom. The van der Waals surface area contributed by atoms with E-state index in [0.29, 0.717) is 38.6 Å². The van der Waals surface area contributed by atoms with Gasteiger partial charge in [-0.05, 0) is 44.0 Å². The highest BCUT2D eigenvalue weighted by atomic mass is 32.1. The van der Waals surface area contributed by atoms with Crippen molar-refractivity contribution in [3.63, 3.8) is 0 Å². The van der Waals surface area contributed by atoms with E-state index in [9.17, 15) is 22.4 Å². The Kier molecular flexibility index (Phi) is 6.14. The fourth-order valence-corrected chi connectivity index (χ4v) is 5.45. The van der Waals surface area contributed by atoms with Crippen molar-refractivity contribution in [1.29, 1.82) is 0 Å². The number of ether oxygens (including phenoxy) is 2. The van der Waals surface area contributed by atoms with Gasteiger partial charge in [-0.3, -0.25) is 9.72 Å². The molecular weight excluding hydrogens is 611 g/mol. The summed E-state index contributed by atoms with van der Waals surface area (Å²) in [6.45, 7) is -7.89. The van der Waals surface area contributed by atoms with Crippen molar-refractivity contribution in [2.24, 2.45) is 0 Å². The molecule has 4 atom stereocenters. The summed E-state index contributed by atoms with van der Waals surface area (Å²) in [5, 5.41) is 8.10. The zero-order valence-electron chi connectivity index (χ0n) is 28.1. The smallest absolute Gasteiger partial charge is 0.324 e. The zero-order valence-corrected chi connectivity index (χ0v) is 23.0. The molecule has 1 saturated heterocycles. The Morgan fingerprint density at radius 1 is 1.09 bits per heavy atom. The van der Waals surface area contributed by atoms with Crippen LogP contribution in [-0.2, 0) is 10.4 Å². The number of carbonyl (C=O) groups excluding carboxylic acids is 1. The van der Waals surface area contributed by atoms with Gasteiger partial charge in [0.1, 0.15) is 12.4 Å². The summed E-state index contributed by atoms with van der Waals surface area (Å²) in [6, 6.07) is 11.4. The van der Waals surface area contributed by atoms with E-state index in [-0.39, 0.29) is 6.61 Å². The number of alkyl halides is 5. The molecule has 0 radical (unpaired) electrons. The molecule has 0 spiro atoms. The third kappa shape index (κ3) is 6.05. The number of benzene rings is 2. The van der Waals surface area contributed by atoms with E-state index in [1.165, 1.54) is 11.3 Å². The molecule has 5 aromatic rings. The maximum Gasteiger partial charge on any atom is 0.324 e. The lowest BCUT2D eigenvalue weighted by Gasteiger charge is -2.36. The van der Waals surface area contributed by atoms with Gasteiger partial charge in [-0.2, -0.15) is 0 Å². The highest BCUT2D eigenvalue weighted by molar-refractivity contribution is 7.23. The molecule has 2 N–H and O–H groups in total. The summed E-state index contributed by atoms with van der Waals surface area (Å²) in [7, 11) is 0. The number of nitrogens with zero attached hydrogens (tertiary/aromatic N) is 4. The van der Waals surface area contributed by atoms with E-state index in [0.717, 1.165) is 10.2 Å². The molecule has 1 aliphatic heterocycles. The van der Waals surface area contributed by atoms with E-state index in [1.807, 2.05) is 4.40 Å². The minimum Gasteiger partial charge on any atom is -0.492 e. The first-order valence-electron chi connectivity index (χ1n) is 15.8. The topological polar surface area (TPSA) is 106 Å². The van der Waals surface area contributed by atoms with Crippen LogP contribution in [0.5, 0.6) is 5.75 Å². The summed E-state index contributed by atoms with van der Waals surface area (Å²) in [5.74, 6) is -1.14. The Balaban J connectivity index is 1.07. The maximum atomic E-state index is 15.2. The van der Waals surface area contributed by atoms with Gasteiger partial charge in [0.2, 0.25) is 25.3 Å². The Morgan fingerprint density at radius 3 is 2.57 bits per heavy atom. The summed E-state index contributed by atoms with van der Waals surface area (Å²) in [4.78, 5) is 18.1. The van der Waals surface area contributed by atoms with Crippen LogP contribution < -0.4 is 15.4 Å². The lowest BCUT2D eigenvalue weighted by atomic mass is 10.1. The number of imidazole rings is 1. The van der Waals surface area contributed by atoms with E-state index >= 15 is 4.39 Å². The lowest BCUT2D eigenvalue weighted by Crippen LogP contribution is -2.56. The number of carbonyl (C=O) groups is 1. The van der Waals surface area contributed by atoms with Gasteiger partial charge in [0.05, 0.1) is 15.9 Å². The van der Waals surface area contributed by atoms with Crippen molar-refractivity contribution < 1.29 is 49.0 Å². The Bertz CT molecular complexity index is 1980. The zero-order chi connectivity index (χ0) is 36.2. The average molecular weight is 643 g/mol. The first-order valence-corrected chi connectivity index (χ1v) is 13.6. The van der Waals surface area contributed by atoms with Crippen molar-refractivity contribution in [2.75, 3.05) is 23.8 Å². The van der Waals surface area contributed by atoms with Crippen LogP contribution in [0.4, 0.5) is 38.3 Å². The first-order chi connectivity index (χ1) is 23.5. The largest absolute Gasteiger partial charge is 0.492 e. The summed E-state index contributed by atoms with van der Waals surface area (Å²) in [5.41, 5.74) is -1.45. The quantitative estimate of drug-likeness (QED) is 0.139. The molecule has 44 heavy (non-hydrogen) atoms. The van der Waals surface area contributed by atoms with Crippen LogP contribution in [-0.4, -0.2) is 63.9 Å². The summed E-state index contributed by atoms with van der Waals surface area (Å²) in [6.07, 6.45) is -8.38. The number of amides is 2. The normalized spacial score (nSPS) is 23.8. The highest BCUT2D eigenvalue weighted by Gasteiger charge is 2.45. The van der Waals surface area contributed by atoms with E-state index < -0.39 is 68.8 Å². The van der Waals surface area contributed by atoms with Crippen molar-refractivity contribution in [2.45, 2.75) is 44.7 Å². The third-order valence-electron chi connectivity index (χ3n) is 6.54. The number of rotatable bonds is 8. The number of hydrogen-bond acceptors (Lipinski definition) is 8. The summed E-state index contributed by atoms with van der Waals surface area (Å²) >= 11 is 1.33. The molecule has 232 valence electrons. The van der Waals surface area contributed by atoms with E-state index in [1.54, 1.807) is 48.7 Å². The highest BCUT2D eigenvalue weighted by Crippen LogP contribution is 2.33. The van der Waals surface area contributed by atoms with Crippen molar-refractivity contribution in [3.05, 3.63) is 60.5 Å². The SMILES string of the molecule is [2H]C([2H])([2H])C(F)(c1cc(NC(=O)Nc2ccc(-c3cn4c(n3)sc3cc(OCCN5C(F)C(F)OC(F)C5F)ccc34)cc2)no1)C([2H])([2H])[2H]. The van der Waals surface area contributed by atoms with Gasteiger partial charge < -0.3 is 19.3 Å². The second-order valence-electron chi connectivity index (χ2n) is 9.57. The van der Waals surface area contributed by atoms with Gasteiger partial charge >= 0.3 is 6.03 Å². The fourth-order valence-electron chi connectivity index (χ4n) is 4.42. The first kappa shape index (κ1) is 23.1. The predicted molar refractivity (Wildman–Crippen MR) is 152 cm³/mol. The molecule has 3 aromatic heterocycles. The van der Waals surface area contributed by atoms with Crippen molar-refractivity contribution in [1.82, 2.24) is 19.4 Å². The standard InChI is InChI=1S/C28H25F5N6O4S/c1-28(2,33)20-12-21(37-43-20)36-26(40)34-15-5-3-14(4-6-15)17-13-39-18-8-7-16(11-19(18)44-27(39)35-17)41-10-9-38-22(29)24(31)42-25(32)23(38)30/h3-8,11-13,22-25H,9-10H2,1-2H3,(H2,34,36,37,40)/i1D3,2D3. The Hall–Kier alpha value is -4.28. The minimum absolute atomic E-state index is 0.245. The molecule has 2 aromatic carbocycles. The number of fused-ring (bicyclic) bond motifs is 3. The van der Waals surface area contributed by atoms with E-state index in [4.69, 9.17) is 13.0 Å². The number of anilines is 2. The molecule has 6 rings (SSSR count). The number of aromatic nitrogens is 3. The molecule has 0 aliphatic carbocycles. The van der Waals surface area contributed by atoms with Crippen LogP contribution in [0.3, 0.4) is 0 Å². The van der Waals surface area contributed by atoms with Gasteiger partial charge in [0.25, 0.3) is 0 Å². The molecule has 0 bridgehead atoms. The van der Waals surface area contributed by atoms with Gasteiger partial charge in [-0.25, -0.2) is 36.6 Å². The van der Waals surface area contributed by atoms with Crippen LogP contribution in [0.2, 0.25) is 0 Å². The molecule has 4 heterocycles. The third-order valence-corrected chi connectivity index (χ3v) is 7.56. The van der Waals surface area contributed by atoms with Crippen molar-refractivity contribution >= 4 is 44.1 Å². The number of nitrogens with one attached hydrogen (secondary N) is 2. The molecule has 4 unspecified atom stereocenters.